The molecule has 0 aliphatic heterocycles. The van der Waals surface area contributed by atoms with E-state index >= 15 is 0 Å². The van der Waals surface area contributed by atoms with Crippen LogP contribution in [-0.4, -0.2) is 20.8 Å². The average Bonchev–Trinajstić information content (AvgIpc) is 2.27. The second kappa shape index (κ2) is 5.86. The van der Waals surface area contributed by atoms with Gasteiger partial charge in [0.1, 0.15) is 0 Å². The van der Waals surface area contributed by atoms with Gasteiger partial charge in [0.15, 0.2) is 0 Å². The van der Waals surface area contributed by atoms with Crippen LogP contribution in [0.15, 0.2) is 0 Å². The Morgan fingerprint density at radius 3 is 2.21 bits per heavy atom. The summed E-state index contributed by atoms with van der Waals surface area (Å²) in [5, 5.41) is 0. The van der Waals surface area contributed by atoms with Crippen LogP contribution in [0, 0.1) is 5.92 Å². The monoisotopic (exact) mass is 222 g/mol. The second-order valence-electron chi connectivity index (χ2n) is 3.61. The SMILES string of the molecule is COP(=O)(OC)OCC1CCCCC1. The Morgan fingerprint density at radius 2 is 1.71 bits per heavy atom. The van der Waals surface area contributed by atoms with Crippen LogP contribution in [0.1, 0.15) is 32.1 Å². The second-order valence-corrected chi connectivity index (χ2v) is 5.50. The lowest BCUT2D eigenvalue weighted by Gasteiger charge is -2.22. The first-order valence-corrected chi connectivity index (χ1v) is 6.52. The lowest BCUT2D eigenvalue weighted by Crippen LogP contribution is -2.13. The molecular weight excluding hydrogens is 203 g/mol. The van der Waals surface area contributed by atoms with Gasteiger partial charge in [-0.05, 0) is 18.8 Å². The summed E-state index contributed by atoms with van der Waals surface area (Å²) < 4.78 is 26.1. The first-order valence-electron chi connectivity index (χ1n) is 5.06. The fourth-order valence-corrected chi connectivity index (χ4v) is 2.48. The highest BCUT2D eigenvalue weighted by molar-refractivity contribution is 7.48. The van der Waals surface area contributed by atoms with Gasteiger partial charge in [0.05, 0.1) is 6.61 Å². The number of hydrogen-bond donors (Lipinski definition) is 0. The van der Waals surface area contributed by atoms with Crippen molar-refractivity contribution in [3.05, 3.63) is 0 Å². The molecule has 1 aliphatic carbocycles. The smallest absolute Gasteiger partial charge is 0.290 e. The van der Waals surface area contributed by atoms with Gasteiger partial charge in [-0.3, -0.25) is 13.6 Å². The van der Waals surface area contributed by atoms with Crippen LogP contribution in [0.2, 0.25) is 0 Å². The highest BCUT2D eigenvalue weighted by Gasteiger charge is 2.25. The van der Waals surface area contributed by atoms with Gasteiger partial charge >= 0.3 is 7.82 Å². The molecule has 0 aromatic heterocycles. The van der Waals surface area contributed by atoms with Crippen molar-refractivity contribution >= 4 is 7.82 Å². The van der Waals surface area contributed by atoms with E-state index in [4.69, 9.17) is 4.52 Å². The molecule has 0 aromatic carbocycles. The summed E-state index contributed by atoms with van der Waals surface area (Å²) in [6, 6.07) is 0. The zero-order valence-corrected chi connectivity index (χ0v) is 9.79. The number of rotatable bonds is 5. The molecule has 1 rings (SSSR count). The molecule has 1 saturated carbocycles. The van der Waals surface area contributed by atoms with Gasteiger partial charge in [0.25, 0.3) is 0 Å². The third-order valence-corrected chi connectivity index (χ3v) is 4.00. The molecule has 0 radical (unpaired) electrons. The van der Waals surface area contributed by atoms with Gasteiger partial charge in [-0.25, -0.2) is 4.57 Å². The first-order chi connectivity index (χ1) is 6.70. The normalized spacial score (nSPS) is 19.9. The molecule has 0 bridgehead atoms. The molecule has 0 saturated heterocycles. The molecule has 1 aliphatic rings. The minimum absolute atomic E-state index is 0.485. The van der Waals surface area contributed by atoms with E-state index in [1.54, 1.807) is 0 Å². The quantitative estimate of drug-likeness (QED) is 0.671. The topological polar surface area (TPSA) is 44.8 Å². The fraction of sp³-hybridized carbons (Fsp3) is 1.00. The Labute approximate surface area is 85.5 Å². The molecule has 14 heavy (non-hydrogen) atoms. The highest BCUT2D eigenvalue weighted by Crippen LogP contribution is 2.48. The van der Waals surface area contributed by atoms with Crippen molar-refractivity contribution in [2.24, 2.45) is 5.92 Å². The molecule has 0 heterocycles. The Hall–Kier alpha value is 0.110. The molecule has 0 N–H and O–H groups in total. The van der Waals surface area contributed by atoms with E-state index < -0.39 is 7.82 Å². The number of phosphoric acid groups is 1. The van der Waals surface area contributed by atoms with E-state index in [0.717, 1.165) is 12.8 Å². The van der Waals surface area contributed by atoms with Crippen LogP contribution in [-0.2, 0) is 18.1 Å². The van der Waals surface area contributed by atoms with Crippen LogP contribution in [0.5, 0.6) is 0 Å². The standard InChI is InChI=1S/C9H19O4P/c1-11-14(10,12-2)13-8-9-6-4-3-5-7-9/h9H,3-8H2,1-2H3. The maximum atomic E-state index is 11.5. The van der Waals surface area contributed by atoms with E-state index in [2.05, 4.69) is 9.05 Å². The lowest BCUT2D eigenvalue weighted by atomic mass is 9.90. The predicted octanol–water partition coefficient (Wildman–Crippen LogP) is 2.98. The van der Waals surface area contributed by atoms with Crippen molar-refractivity contribution < 1.29 is 18.1 Å². The maximum Gasteiger partial charge on any atom is 0.474 e. The van der Waals surface area contributed by atoms with Crippen LogP contribution >= 0.6 is 7.82 Å². The number of phosphoric ester groups is 1. The highest BCUT2D eigenvalue weighted by atomic mass is 31.2. The van der Waals surface area contributed by atoms with Crippen molar-refractivity contribution in [2.45, 2.75) is 32.1 Å². The maximum absolute atomic E-state index is 11.5. The zero-order valence-electron chi connectivity index (χ0n) is 8.90. The summed E-state index contributed by atoms with van der Waals surface area (Å²) in [7, 11) is -0.571. The van der Waals surface area contributed by atoms with Crippen molar-refractivity contribution in [3.8, 4) is 0 Å². The van der Waals surface area contributed by atoms with Gasteiger partial charge in [-0.1, -0.05) is 19.3 Å². The molecule has 1 fully saturated rings. The third kappa shape index (κ3) is 3.70. The van der Waals surface area contributed by atoms with Gasteiger partial charge in [0, 0.05) is 14.2 Å². The molecule has 5 heteroatoms. The molecule has 0 atom stereocenters. The minimum atomic E-state index is -3.25. The van der Waals surface area contributed by atoms with Crippen LogP contribution in [0.3, 0.4) is 0 Å². The fourth-order valence-electron chi connectivity index (χ4n) is 1.73. The van der Waals surface area contributed by atoms with E-state index in [-0.39, 0.29) is 0 Å². The third-order valence-electron chi connectivity index (χ3n) is 2.64. The summed E-state index contributed by atoms with van der Waals surface area (Å²) in [6.07, 6.45) is 6.13. The summed E-state index contributed by atoms with van der Waals surface area (Å²) in [4.78, 5) is 0. The molecule has 0 aromatic rings. The van der Waals surface area contributed by atoms with E-state index in [1.165, 1.54) is 33.5 Å². The van der Waals surface area contributed by atoms with Crippen molar-refractivity contribution in [2.75, 3.05) is 20.8 Å². The minimum Gasteiger partial charge on any atom is -0.290 e. The van der Waals surface area contributed by atoms with Crippen LogP contribution in [0.25, 0.3) is 0 Å². The summed E-state index contributed by atoms with van der Waals surface area (Å²) in [6.45, 7) is 0.485. The molecule has 0 amide bonds. The summed E-state index contributed by atoms with van der Waals surface area (Å²) >= 11 is 0. The summed E-state index contributed by atoms with van der Waals surface area (Å²) in [5.74, 6) is 0.516. The first kappa shape index (κ1) is 12.2. The van der Waals surface area contributed by atoms with E-state index in [0.29, 0.717) is 12.5 Å². The van der Waals surface area contributed by atoms with Gasteiger partial charge in [-0.2, -0.15) is 0 Å². The molecular formula is C9H19O4P. The van der Waals surface area contributed by atoms with Crippen LogP contribution in [0.4, 0.5) is 0 Å². The van der Waals surface area contributed by atoms with Gasteiger partial charge in [-0.15, -0.1) is 0 Å². The predicted molar refractivity (Wildman–Crippen MR) is 54.2 cm³/mol. The molecule has 84 valence electrons. The largest absolute Gasteiger partial charge is 0.474 e. The van der Waals surface area contributed by atoms with Crippen molar-refractivity contribution in [3.63, 3.8) is 0 Å². The van der Waals surface area contributed by atoms with Gasteiger partial charge in [0.2, 0.25) is 0 Å². The van der Waals surface area contributed by atoms with Gasteiger partial charge < -0.3 is 0 Å². The Balaban J connectivity index is 2.27. The lowest BCUT2D eigenvalue weighted by molar-refractivity contribution is 0.122. The van der Waals surface area contributed by atoms with Crippen molar-refractivity contribution in [1.29, 1.82) is 0 Å². The average molecular weight is 222 g/mol. The van der Waals surface area contributed by atoms with Crippen molar-refractivity contribution in [1.82, 2.24) is 0 Å². The zero-order chi connectivity index (χ0) is 10.4. The van der Waals surface area contributed by atoms with Crippen LogP contribution < -0.4 is 0 Å². The number of hydrogen-bond acceptors (Lipinski definition) is 4. The Morgan fingerprint density at radius 1 is 1.14 bits per heavy atom. The Bertz CT molecular complexity index is 193. The molecule has 0 unspecified atom stereocenters. The summed E-state index contributed by atoms with van der Waals surface area (Å²) in [5.41, 5.74) is 0. The van der Waals surface area contributed by atoms with E-state index in [1.807, 2.05) is 0 Å². The molecule has 4 nitrogen and oxygen atoms in total. The van der Waals surface area contributed by atoms with E-state index in [9.17, 15) is 4.57 Å². The Kier molecular flexibility index (Phi) is 5.10. The molecule has 0 spiro atoms.